The van der Waals surface area contributed by atoms with Crippen molar-refractivity contribution in [2.45, 2.75) is 6.92 Å². The van der Waals surface area contributed by atoms with Gasteiger partial charge in [-0.3, -0.25) is 14.9 Å². The number of nitrogens with zero attached hydrogens (tertiary/aromatic N) is 3. The van der Waals surface area contributed by atoms with Crippen LogP contribution < -0.4 is 11.5 Å². The van der Waals surface area contributed by atoms with Crippen molar-refractivity contribution < 1.29 is 9.72 Å². The second-order valence-corrected chi connectivity index (χ2v) is 4.71. The number of primary amides is 1. The van der Waals surface area contributed by atoms with E-state index in [2.05, 4.69) is 16.8 Å². The van der Waals surface area contributed by atoms with Gasteiger partial charge in [-0.15, -0.1) is 0 Å². The Kier molecular flexibility index (Phi) is 6.77. The normalized spacial score (nSPS) is 9.88. The van der Waals surface area contributed by atoms with Gasteiger partial charge in [0.1, 0.15) is 0 Å². The molecule has 0 fully saturated rings. The third-order valence-corrected chi connectivity index (χ3v) is 2.66. The Morgan fingerprint density at radius 2 is 1.42 bits per heavy atom. The highest BCUT2D eigenvalue weighted by molar-refractivity contribution is 5.90. The Labute approximate surface area is 138 Å². The number of carbonyl (C=O) groups is 1. The number of nitrogens with two attached hydrogens (primary N) is 2. The quantitative estimate of drug-likeness (QED) is 0.291. The average Bonchev–Trinajstić information content (AvgIpc) is 2.55. The standard InChI is InChI=1S/C12H10N4O2.C4H7NO/c13-9-1-3-10(4-2-9)14-15-11-5-7-12(8-6-11)16(17)18;1-3(2)4(5)6/h1-8H,13H2;1H2,2H3,(H2,5,6)/b15-14+;. The lowest BCUT2D eigenvalue weighted by molar-refractivity contribution is -0.384. The number of amides is 1. The molecule has 0 aromatic heterocycles. The van der Waals surface area contributed by atoms with Gasteiger partial charge in [0.15, 0.2) is 0 Å². The van der Waals surface area contributed by atoms with E-state index in [1.807, 2.05) is 0 Å². The number of carbonyl (C=O) groups excluding carboxylic acids is 1. The van der Waals surface area contributed by atoms with Crippen molar-refractivity contribution in [3.8, 4) is 0 Å². The first-order valence-corrected chi connectivity index (χ1v) is 6.76. The van der Waals surface area contributed by atoms with Crippen molar-refractivity contribution in [2.75, 3.05) is 5.73 Å². The van der Waals surface area contributed by atoms with Crippen LogP contribution in [-0.2, 0) is 4.79 Å². The van der Waals surface area contributed by atoms with Crippen LogP contribution in [0.5, 0.6) is 0 Å². The Hall–Kier alpha value is -3.55. The van der Waals surface area contributed by atoms with Crippen LogP contribution in [0.25, 0.3) is 0 Å². The monoisotopic (exact) mass is 327 g/mol. The molecule has 0 bridgehead atoms. The van der Waals surface area contributed by atoms with Gasteiger partial charge >= 0.3 is 0 Å². The van der Waals surface area contributed by atoms with E-state index in [0.29, 0.717) is 22.6 Å². The molecule has 124 valence electrons. The zero-order valence-electron chi connectivity index (χ0n) is 13.0. The van der Waals surface area contributed by atoms with Gasteiger partial charge in [-0.05, 0) is 43.3 Å². The molecule has 2 aromatic carbocycles. The Morgan fingerprint density at radius 3 is 1.75 bits per heavy atom. The molecule has 0 unspecified atom stereocenters. The molecule has 0 saturated heterocycles. The summed E-state index contributed by atoms with van der Waals surface area (Å²) in [6, 6.07) is 12.8. The molecule has 1 amide bonds. The number of hydrogen-bond acceptors (Lipinski definition) is 6. The predicted molar refractivity (Wildman–Crippen MR) is 92.1 cm³/mol. The van der Waals surface area contributed by atoms with E-state index in [9.17, 15) is 14.9 Å². The summed E-state index contributed by atoms with van der Waals surface area (Å²) in [4.78, 5) is 19.8. The molecule has 0 saturated carbocycles. The molecule has 2 rings (SSSR count). The van der Waals surface area contributed by atoms with E-state index in [1.165, 1.54) is 12.1 Å². The van der Waals surface area contributed by atoms with Crippen LogP contribution in [0.15, 0.2) is 70.9 Å². The van der Waals surface area contributed by atoms with Gasteiger partial charge < -0.3 is 11.5 Å². The maximum atomic E-state index is 10.5. The van der Waals surface area contributed by atoms with Crippen molar-refractivity contribution >= 4 is 28.7 Å². The summed E-state index contributed by atoms with van der Waals surface area (Å²) >= 11 is 0. The van der Waals surface area contributed by atoms with E-state index in [-0.39, 0.29) is 5.69 Å². The minimum absolute atomic E-state index is 0.0291. The number of benzene rings is 2. The van der Waals surface area contributed by atoms with Crippen molar-refractivity contribution in [2.24, 2.45) is 16.0 Å². The highest BCUT2D eigenvalue weighted by Crippen LogP contribution is 2.21. The number of nitro groups is 1. The summed E-state index contributed by atoms with van der Waals surface area (Å²) in [6.45, 7) is 4.85. The molecule has 0 radical (unpaired) electrons. The van der Waals surface area contributed by atoms with E-state index in [1.54, 1.807) is 43.3 Å². The number of non-ortho nitro benzene ring substituents is 1. The molecule has 2 aromatic rings. The van der Waals surface area contributed by atoms with Crippen molar-refractivity contribution in [1.82, 2.24) is 0 Å². The average molecular weight is 327 g/mol. The Morgan fingerprint density at radius 1 is 1.04 bits per heavy atom. The number of hydrogen-bond donors (Lipinski definition) is 2. The zero-order valence-corrected chi connectivity index (χ0v) is 13.0. The number of nitrogen functional groups attached to an aromatic ring is 1. The molecule has 0 aliphatic heterocycles. The second kappa shape index (κ2) is 8.79. The summed E-state index contributed by atoms with van der Waals surface area (Å²) < 4.78 is 0. The third-order valence-electron chi connectivity index (χ3n) is 2.66. The summed E-state index contributed by atoms with van der Waals surface area (Å²) in [6.07, 6.45) is 0. The van der Waals surface area contributed by atoms with E-state index in [0.717, 1.165) is 0 Å². The molecule has 0 heterocycles. The molecule has 0 spiro atoms. The van der Waals surface area contributed by atoms with Crippen LogP contribution in [0.1, 0.15) is 6.92 Å². The van der Waals surface area contributed by atoms with Gasteiger partial charge in [-0.2, -0.15) is 10.2 Å². The lowest BCUT2D eigenvalue weighted by atomic mass is 10.3. The fourth-order valence-electron chi connectivity index (χ4n) is 1.30. The van der Waals surface area contributed by atoms with Gasteiger partial charge in [0, 0.05) is 23.4 Å². The maximum absolute atomic E-state index is 10.5. The SMILES string of the molecule is C=C(C)C(N)=O.Nc1ccc(/N=N/c2ccc([N+](=O)[O-])cc2)cc1. The number of nitro benzene ring substituents is 1. The Bertz CT molecular complexity index is 740. The lowest BCUT2D eigenvalue weighted by Gasteiger charge is -1.94. The largest absolute Gasteiger partial charge is 0.399 e. The van der Waals surface area contributed by atoms with Crippen LogP contribution in [0.4, 0.5) is 22.7 Å². The summed E-state index contributed by atoms with van der Waals surface area (Å²) in [5, 5.41) is 18.4. The van der Waals surface area contributed by atoms with Crippen molar-refractivity contribution in [3.63, 3.8) is 0 Å². The van der Waals surface area contributed by atoms with E-state index < -0.39 is 10.8 Å². The predicted octanol–water partition coefficient (Wildman–Crippen LogP) is 3.64. The minimum Gasteiger partial charge on any atom is -0.399 e. The summed E-state index contributed by atoms with van der Waals surface area (Å²) in [7, 11) is 0. The maximum Gasteiger partial charge on any atom is 0.269 e. The molecular weight excluding hydrogens is 310 g/mol. The first-order valence-electron chi connectivity index (χ1n) is 6.76. The fraction of sp³-hybridized carbons (Fsp3) is 0.0625. The number of rotatable bonds is 4. The van der Waals surface area contributed by atoms with Gasteiger partial charge in [-0.25, -0.2) is 0 Å². The van der Waals surface area contributed by atoms with Gasteiger partial charge in [0.25, 0.3) is 5.69 Å². The van der Waals surface area contributed by atoms with Gasteiger partial charge in [0.05, 0.1) is 16.3 Å². The van der Waals surface area contributed by atoms with Gasteiger partial charge in [0.2, 0.25) is 5.91 Å². The van der Waals surface area contributed by atoms with Crippen molar-refractivity contribution in [3.05, 3.63) is 70.8 Å². The zero-order chi connectivity index (χ0) is 18.1. The molecule has 24 heavy (non-hydrogen) atoms. The van der Waals surface area contributed by atoms with E-state index >= 15 is 0 Å². The van der Waals surface area contributed by atoms with Crippen LogP contribution in [0.3, 0.4) is 0 Å². The highest BCUT2D eigenvalue weighted by atomic mass is 16.6. The molecule has 8 heteroatoms. The van der Waals surface area contributed by atoms with Crippen LogP contribution in [0.2, 0.25) is 0 Å². The third kappa shape index (κ3) is 6.48. The Balaban J connectivity index is 0.000000413. The number of anilines is 1. The van der Waals surface area contributed by atoms with Crippen LogP contribution in [-0.4, -0.2) is 10.8 Å². The molecule has 8 nitrogen and oxygen atoms in total. The fourth-order valence-corrected chi connectivity index (χ4v) is 1.30. The topological polar surface area (TPSA) is 137 Å². The second-order valence-electron chi connectivity index (χ2n) is 4.71. The van der Waals surface area contributed by atoms with Gasteiger partial charge in [-0.1, -0.05) is 6.58 Å². The highest BCUT2D eigenvalue weighted by Gasteiger charge is 2.02. The molecule has 0 aliphatic carbocycles. The molecule has 0 atom stereocenters. The molecule has 0 aliphatic rings. The summed E-state index contributed by atoms with van der Waals surface area (Å²) in [5.74, 6) is -0.435. The first kappa shape index (κ1) is 18.5. The summed E-state index contributed by atoms with van der Waals surface area (Å²) in [5.41, 5.74) is 12.5. The van der Waals surface area contributed by atoms with Crippen LogP contribution in [0, 0.1) is 10.1 Å². The smallest absolute Gasteiger partial charge is 0.269 e. The molecular formula is C16H17N5O3. The van der Waals surface area contributed by atoms with Crippen LogP contribution >= 0.6 is 0 Å². The minimum atomic E-state index is -0.457. The van der Waals surface area contributed by atoms with E-state index in [4.69, 9.17) is 11.5 Å². The number of azo groups is 1. The molecule has 4 N–H and O–H groups in total. The lowest BCUT2D eigenvalue weighted by Crippen LogP contribution is -2.10. The van der Waals surface area contributed by atoms with Crippen molar-refractivity contribution in [1.29, 1.82) is 0 Å². The first-order chi connectivity index (χ1) is 11.3.